The molecular formula is C19H32N2. The second kappa shape index (κ2) is 7.95. The van der Waals surface area contributed by atoms with Crippen LogP contribution in [0, 0.1) is 5.92 Å². The predicted octanol–water partition coefficient (Wildman–Crippen LogP) is 4.24. The van der Waals surface area contributed by atoms with Gasteiger partial charge in [-0.25, -0.2) is 0 Å². The van der Waals surface area contributed by atoms with Crippen LogP contribution in [0.5, 0.6) is 0 Å². The molecule has 1 atom stereocenters. The quantitative estimate of drug-likeness (QED) is 0.842. The minimum Gasteiger partial charge on any atom is -0.307 e. The first-order valence-corrected chi connectivity index (χ1v) is 8.61. The molecule has 2 nitrogen and oxygen atoms in total. The fourth-order valence-corrected chi connectivity index (χ4v) is 3.32. The lowest BCUT2D eigenvalue weighted by atomic mass is 9.94. The van der Waals surface area contributed by atoms with Crippen LogP contribution < -0.4 is 5.32 Å². The molecule has 2 rings (SSSR count). The van der Waals surface area contributed by atoms with Gasteiger partial charge in [0, 0.05) is 18.1 Å². The molecule has 1 fully saturated rings. The molecule has 0 spiro atoms. The molecule has 1 aromatic rings. The van der Waals surface area contributed by atoms with Crippen molar-refractivity contribution in [1.29, 1.82) is 0 Å². The topological polar surface area (TPSA) is 15.3 Å². The number of hydrogen-bond acceptors (Lipinski definition) is 2. The summed E-state index contributed by atoms with van der Waals surface area (Å²) in [5.74, 6) is 0.721. The summed E-state index contributed by atoms with van der Waals surface area (Å²) in [4.78, 5) is 2.60. The largest absolute Gasteiger partial charge is 0.307 e. The molecule has 0 saturated carbocycles. The predicted molar refractivity (Wildman–Crippen MR) is 91.5 cm³/mol. The highest BCUT2D eigenvalue weighted by atomic mass is 15.2. The van der Waals surface area contributed by atoms with Gasteiger partial charge in [0.1, 0.15) is 0 Å². The van der Waals surface area contributed by atoms with Gasteiger partial charge in [-0.2, -0.15) is 0 Å². The Hall–Kier alpha value is -0.860. The zero-order valence-corrected chi connectivity index (χ0v) is 14.2. The van der Waals surface area contributed by atoms with Gasteiger partial charge in [0.25, 0.3) is 0 Å². The van der Waals surface area contributed by atoms with E-state index < -0.39 is 0 Å². The molecule has 0 bridgehead atoms. The third-order valence-electron chi connectivity index (χ3n) is 4.61. The highest BCUT2D eigenvalue weighted by Crippen LogP contribution is 2.24. The van der Waals surface area contributed by atoms with Gasteiger partial charge in [-0.1, -0.05) is 44.2 Å². The Morgan fingerprint density at radius 1 is 1.05 bits per heavy atom. The van der Waals surface area contributed by atoms with E-state index in [4.69, 9.17) is 0 Å². The highest BCUT2D eigenvalue weighted by molar-refractivity contribution is 5.19. The van der Waals surface area contributed by atoms with Crippen molar-refractivity contribution in [1.82, 2.24) is 10.2 Å². The van der Waals surface area contributed by atoms with E-state index in [2.05, 4.69) is 68.2 Å². The molecule has 1 N–H and O–H groups in total. The van der Waals surface area contributed by atoms with Crippen molar-refractivity contribution in [3.63, 3.8) is 0 Å². The molecule has 118 valence electrons. The number of hydrogen-bond donors (Lipinski definition) is 1. The third kappa shape index (κ3) is 5.12. The van der Waals surface area contributed by atoms with Crippen molar-refractivity contribution in [3.05, 3.63) is 35.9 Å². The van der Waals surface area contributed by atoms with Crippen LogP contribution in [0.15, 0.2) is 30.3 Å². The van der Waals surface area contributed by atoms with Gasteiger partial charge in [-0.3, -0.25) is 0 Å². The minimum absolute atomic E-state index is 0.502. The molecule has 0 aromatic heterocycles. The number of nitrogens with zero attached hydrogens (tertiary/aromatic N) is 1. The van der Waals surface area contributed by atoms with Crippen molar-refractivity contribution >= 4 is 0 Å². The number of piperidine rings is 1. The van der Waals surface area contributed by atoms with E-state index >= 15 is 0 Å². The monoisotopic (exact) mass is 288 g/mol. The van der Waals surface area contributed by atoms with Crippen LogP contribution in [0.2, 0.25) is 0 Å². The van der Waals surface area contributed by atoms with E-state index in [0.717, 1.165) is 5.92 Å². The van der Waals surface area contributed by atoms with Gasteiger partial charge in [0.2, 0.25) is 0 Å². The van der Waals surface area contributed by atoms with Gasteiger partial charge in [0.15, 0.2) is 0 Å². The maximum atomic E-state index is 3.94. The summed E-state index contributed by atoms with van der Waals surface area (Å²) >= 11 is 0. The van der Waals surface area contributed by atoms with Gasteiger partial charge >= 0.3 is 0 Å². The number of rotatable bonds is 6. The van der Waals surface area contributed by atoms with Crippen LogP contribution in [-0.2, 0) is 0 Å². The lowest BCUT2D eigenvalue weighted by Crippen LogP contribution is -2.46. The number of benzene rings is 1. The maximum absolute atomic E-state index is 3.94. The Bertz CT molecular complexity index is 391. The highest BCUT2D eigenvalue weighted by Gasteiger charge is 2.23. The third-order valence-corrected chi connectivity index (χ3v) is 4.61. The Labute approximate surface area is 130 Å². The van der Waals surface area contributed by atoms with Crippen molar-refractivity contribution in [2.75, 3.05) is 13.1 Å². The molecule has 1 heterocycles. The lowest BCUT2D eigenvalue weighted by molar-refractivity contribution is 0.154. The summed E-state index contributed by atoms with van der Waals surface area (Å²) in [6, 6.07) is 12.8. The summed E-state index contributed by atoms with van der Waals surface area (Å²) in [5.41, 5.74) is 1.44. The van der Waals surface area contributed by atoms with Crippen LogP contribution in [0.4, 0.5) is 0 Å². The molecule has 1 aliphatic heterocycles. The summed E-state index contributed by atoms with van der Waals surface area (Å²) in [6.07, 6.45) is 3.77. The molecule has 1 aliphatic rings. The molecule has 0 radical (unpaired) electrons. The van der Waals surface area contributed by atoms with Crippen LogP contribution in [0.3, 0.4) is 0 Å². The van der Waals surface area contributed by atoms with Crippen LogP contribution in [-0.4, -0.2) is 30.1 Å². The summed E-state index contributed by atoms with van der Waals surface area (Å²) < 4.78 is 0. The second-order valence-corrected chi connectivity index (χ2v) is 7.16. The molecular weight excluding hydrogens is 256 g/mol. The SMILES string of the molecule is CC(C)CC(NC1CCN(C(C)C)CC1)c1ccccc1. The summed E-state index contributed by atoms with van der Waals surface area (Å²) in [5, 5.41) is 3.94. The molecule has 0 aliphatic carbocycles. The fourth-order valence-electron chi connectivity index (χ4n) is 3.32. The van der Waals surface area contributed by atoms with Crippen LogP contribution in [0.25, 0.3) is 0 Å². The van der Waals surface area contributed by atoms with Gasteiger partial charge in [-0.05, 0) is 57.7 Å². The first-order valence-electron chi connectivity index (χ1n) is 8.61. The van der Waals surface area contributed by atoms with Crippen molar-refractivity contribution < 1.29 is 0 Å². The van der Waals surface area contributed by atoms with Crippen molar-refractivity contribution in [3.8, 4) is 0 Å². The zero-order valence-electron chi connectivity index (χ0n) is 14.2. The van der Waals surface area contributed by atoms with E-state index in [-0.39, 0.29) is 0 Å². The van der Waals surface area contributed by atoms with Crippen molar-refractivity contribution in [2.24, 2.45) is 5.92 Å². The first kappa shape index (κ1) is 16.5. The Morgan fingerprint density at radius 3 is 2.19 bits per heavy atom. The smallest absolute Gasteiger partial charge is 0.0325 e. The van der Waals surface area contributed by atoms with E-state index in [9.17, 15) is 0 Å². The molecule has 1 unspecified atom stereocenters. The van der Waals surface area contributed by atoms with Gasteiger partial charge in [0.05, 0.1) is 0 Å². The average molecular weight is 288 g/mol. The number of nitrogens with one attached hydrogen (secondary N) is 1. The Balaban J connectivity index is 1.94. The summed E-state index contributed by atoms with van der Waals surface area (Å²) in [6.45, 7) is 11.7. The second-order valence-electron chi connectivity index (χ2n) is 7.16. The summed E-state index contributed by atoms with van der Waals surface area (Å²) in [7, 11) is 0. The normalized spacial score (nSPS) is 19.3. The van der Waals surface area contributed by atoms with Crippen LogP contribution >= 0.6 is 0 Å². The van der Waals surface area contributed by atoms with Gasteiger partial charge in [-0.15, -0.1) is 0 Å². The van der Waals surface area contributed by atoms with Crippen LogP contribution in [0.1, 0.15) is 58.6 Å². The van der Waals surface area contributed by atoms with E-state index in [1.807, 2.05) is 0 Å². The lowest BCUT2D eigenvalue weighted by Gasteiger charge is -2.37. The number of likely N-dealkylation sites (tertiary alicyclic amines) is 1. The molecule has 1 aromatic carbocycles. The Morgan fingerprint density at radius 2 is 1.67 bits per heavy atom. The van der Waals surface area contributed by atoms with Gasteiger partial charge < -0.3 is 10.2 Å². The first-order chi connectivity index (χ1) is 10.1. The molecule has 2 heteroatoms. The average Bonchev–Trinajstić information content (AvgIpc) is 2.47. The van der Waals surface area contributed by atoms with E-state index in [0.29, 0.717) is 18.1 Å². The fraction of sp³-hybridized carbons (Fsp3) is 0.684. The molecule has 1 saturated heterocycles. The molecule has 21 heavy (non-hydrogen) atoms. The van der Waals surface area contributed by atoms with E-state index in [1.54, 1.807) is 0 Å². The minimum atomic E-state index is 0.502. The molecule has 0 amide bonds. The van der Waals surface area contributed by atoms with E-state index in [1.165, 1.54) is 37.9 Å². The standard InChI is InChI=1S/C19H32N2/c1-15(2)14-19(17-8-6-5-7-9-17)20-18-10-12-21(13-11-18)16(3)4/h5-9,15-16,18-20H,10-14H2,1-4H3. The Kier molecular flexibility index (Phi) is 6.25. The van der Waals surface area contributed by atoms with Crippen molar-refractivity contribution in [2.45, 2.75) is 65.1 Å². The maximum Gasteiger partial charge on any atom is 0.0325 e. The zero-order chi connectivity index (χ0) is 15.2.